The number of carbonyl (C=O) groups is 1. The summed E-state index contributed by atoms with van der Waals surface area (Å²) in [6.45, 7) is 4.34. The molecule has 0 atom stereocenters. The predicted molar refractivity (Wildman–Crippen MR) is 124 cm³/mol. The molecule has 0 aliphatic carbocycles. The van der Waals surface area contributed by atoms with E-state index in [4.69, 9.17) is 17.3 Å². The number of unbranched alkanes of at least 4 members (excludes halogenated alkanes) is 2. The minimum absolute atomic E-state index is 0.299. The predicted octanol–water partition coefficient (Wildman–Crippen LogP) is 6.90. The average Bonchev–Trinajstić information content (AvgIpc) is 2.99. The molecule has 1 heterocycles. The molecule has 1 amide bonds. The van der Waals surface area contributed by atoms with E-state index in [1.165, 1.54) is 18.2 Å². The molecule has 33 heavy (non-hydrogen) atoms. The molecule has 0 spiro atoms. The van der Waals surface area contributed by atoms with Gasteiger partial charge < -0.3 is 15.0 Å². The van der Waals surface area contributed by atoms with E-state index >= 15 is 0 Å². The zero-order chi connectivity index (χ0) is 24.2. The van der Waals surface area contributed by atoms with Crippen LogP contribution in [0, 0.1) is 6.92 Å². The number of aromatic nitrogens is 1. The van der Waals surface area contributed by atoms with Crippen LogP contribution in [-0.2, 0) is 13.0 Å². The molecule has 0 saturated heterocycles. The molecule has 0 fully saturated rings. The van der Waals surface area contributed by atoms with Crippen LogP contribution in [0.3, 0.4) is 0 Å². The third kappa shape index (κ3) is 6.11. The number of hydrogen-bond acceptors (Lipinski definition) is 2. The average molecular weight is 479 g/mol. The van der Waals surface area contributed by atoms with Crippen molar-refractivity contribution in [1.29, 1.82) is 0 Å². The van der Waals surface area contributed by atoms with Gasteiger partial charge in [-0.2, -0.15) is 0 Å². The minimum Gasteiger partial charge on any atom is -0.406 e. The molecule has 0 radical (unpaired) electrons. The Hall–Kier alpha value is -2.93. The normalized spacial score (nSPS) is 11.6. The van der Waals surface area contributed by atoms with Crippen LogP contribution in [0.25, 0.3) is 11.1 Å². The molecule has 3 rings (SSSR count). The number of carbonyl (C=O) groups excluding carboxylic acids is 1. The van der Waals surface area contributed by atoms with Crippen LogP contribution >= 0.6 is 11.6 Å². The topological polar surface area (TPSA) is 57.2 Å². The summed E-state index contributed by atoms with van der Waals surface area (Å²) < 4.78 is 44.5. The summed E-state index contributed by atoms with van der Waals surface area (Å²) in [7, 11) is 0. The lowest BCUT2D eigenvalue weighted by Gasteiger charge is -2.15. The zero-order valence-electron chi connectivity index (χ0n) is 18.5. The van der Waals surface area contributed by atoms with Crippen LogP contribution in [-0.4, -0.2) is 16.8 Å². The van der Waals surface area contributed by atoms with Crippen molar-refractivity contribution in [2.45, 2.75) is 52.4 Å². The number of nitrogens with zero attached hydrogens (tertiary/aromatic N) is 1. The van der Waals surface area contributed by atoms with E-state index in [1.54, 1.807) is 19.1 Å². The van der Waals surface area contributed by atoms with Gasteiger partial charge >= 0.3 is 6.36 Å². The summed E-state index contributed by atoms with van der Waals surface area (Å²) in [5.74, 6) is -0.985. The summed E-state index contributed by atoms with van der Waals surface area (Å²) in [5.41, 5.74) is 9.50. The molecule has 2 aromatic carbocycles. The molecule has 0 aliphatic heterocycles. The van der Waals surface area contributed by atoms with Crippen molar-refractivity contribution in [1.82, 2.24) is 4.57 Å². The van der Waals surface area contributed by atoms with E-state index in [0.29, 0.717) is 40.4 Å². The SMILES string of the molecule is CCCCCc1c(-c2cccc(OC(F)(F)F)c2)c(C(N)=O)c(C)n1Cc1cccc(Cl)c1. The lowest BCUT2D eigenvalue weighted by Crippen LogP contribution is -2.17. The molecule has 0 saturated carbocycles. The maximum absolute atomic E-state index is 12.8. The van der Waals surface area contributed by atoms with Crippen LogP contribution in [0.1, 0.15) is 53.5 Å². The lowest BCUT2D eigenvalue weighted by molar-refractivity contribution is -0.274. The third-order valence-corrected chi connectivity index (χ3v) is 5.72. The number of amides is 1. The number of hydrogen-bond donors (Lipinski definition) is 1. The van der Waals surface area contributed by atoms with Gasteiger partial charge in [0, 0.05) is 28.5 Å². The first kappa shape index (κ1) is 24.7. The Balaban J connectivity index is 2.19. The molecule has 0 aliphatic rings. The van der Waals surface area contributed by atoms with Crippen molar-refractivity contribution in [3.63, 3.8) is 0 Å². The Bertz CT molecular complexity index is 1140. The van der Waals surface area contributed by atoms with Gasteiger partial charge in [-0.05, 0) is 55.2 Å². The van der Waals surface area contributed by atoms with Crippen LogP contribution in [0.5, 0.6) is 5.75 Å². The molecular weight excluding hydrogens is 453 g/mol. The number of ether oxygens (including phenoxy) is 1. The molecule has 1 aromatic heterocycles. The minimum atomic E-state index is -4.82. The van der Waals surface area contributed by atoms with Gasteiger partial charge in [0.25, 0.3) is 5.91 Å². The monoisotopic (exact) mass is 478 g/mol. The molecule has 4 nitrogen and oxygen atoms in total. The highest BCUT2D eigenvalue weighted by atomic mass is 35.5. The first-order valence-corrected chi connectivity index (χ1v) is 11.1. The molecule has 8 heteroatoms. The van der Waals surface area contributed by atoms with Gasteiger partial charge in [-0.3, -0.25) is 4.79 Å². The van der Waals surface area contributed by atoms with Crippen LogP contribution in [0.15, 0.2) is 48.5 Å². The van der Waals surface area contributed by atoms with E-state index in [0.717, 1.165) is 30.5 Å². The van der Waals surface area contributed by atoms with Crippen molar-refractivity contribution < 1.29 is 22.7 Å². The van der Waals surface area contributed by atoms with E-state index in [1.807, 2.05) is 22.8 Å². The highest BCUT2D eigenvalue weighted by molar-refractivity contribution is 6.30. The van der Waals surface area contributed by atoms with Gasteiger partial charge in [0.15, 0.2) is 0 Å². The molecule has 3 aromatic rings. The fourth-order valence-electron chi connectivity index (χ4n) is 4.09. The number of benzene rings is 2. The highest BCUT2D eigenvalue weighted by Gasteiger charge is 2.31. The summed E-state index contributed by atoms with van der Waals surface area (Å²) in [4.78, 5) is 12.5. The van der Waals surface area contributed by atoms with Gasteiger partial charge in [-0.25, -0.2) is 0 Å². The van der Waals surface area contributed by atoms with Gasteiger partial charge in [-0.1, -0.05) is 55.6 Å². The third-order valence-electron chi connectivity index (χ3n) is 5.48. The fourth-order valence-corrected chi connectivity index (χ4v) is 4.31. The Morgan fingerprint density at radius 3 is 2.48 bits per heavy atom. The number of nitrogens with two attached hydrogens (primary N) is 1. The van der Waals surface area contributed by atoms with Crippen LogP contribution in [0.2, 0.25) is 5.02 Å². The zero-order valence-corrected chi connectivity index (χ0v) is 19.3. The summed E-state index contributed by atoms with van der Waals surface area (Å²) in [5, 5.41) is 0.595. The highest BCUT2D eigenvalue weighted by Crippen LogP contribution is 2.37. The van der Waals surface area contributed by atoms with Gasteiger partial charge in [0.1, 0.15) is 5.75 Å². The smallest absolute Gasteiger partial charge is 0.406 e. The fraction of sp³-hybridized carbons (Fsp3) is 0.320. The van der Waals surface area contributed by atoms with Crippen molar-refractivity contribution in [3.05, 3.63) is 76.1 Å². The van der Waals surface area contributed by atoms with Crippen molar-refractivity contribution in [2.75, 3.05) is 0 Å². The maximum atomic E-state index is 12.8. The van der Waals surface area contributed by atoms with E-state index in [2.05, 4.69) is 11.7 Å². The second-order valence-electron chi connectivity index (χ2n) is 7.90. The van der Waals surface area contributed by atoms with E-state index in [-0.39, 0.29) is 5.75 Å². The Morgan fingerprint density at radius 2 is 1.85 bits per heavy atom. The van der Waals surface area contributed by atoms with E-state index in [9.17, 15) is 18.0 Å². The van der Waals surface area contributed by atoms with E-state index < -0.39 is 12.3 Å². The summed E-state index contributed by atoms with van der Waals surface area (Å²) >= 11 is 6.16. The lowest BCUT2D eigenvalue weighted by atomic mass is 9.97. The maximum Gasteiger partial charge on any atom is 0.573 e. The first-order chi connectivity index (χ1) is 15.6. The van der Waals surface area contributed by atoms with Crippen molar-refractivity contribution >= 4 is 17.5 Å². The number of halogens is 4. The van der Waals surface area contributed by atoms with Crippen molar-refractivity contribution in [3.8, 4) is 16.9 Å². The molecule has 0 unspecified atom stereocenters. The van der Waals surface area contributed by atoms with Gasteiger partial charge in [0.05, 0.1) is 5.56 Å². The van der Waals surface area contributed by atoms with Crippen LogP contribution < -0.4 is 10.5 Å². The molecular formula is C25H26ClF3N2O2. The second kappa shape index (κ2) is 10.3. The first-order valence-electron chi connectivity index (χ1n) is 10.7. The standard InChI is InChI=1S/C25H26ClF3N2O2/c1-3-4-5-12-21-23(18-9-7-11-20(14-18)33-25(27,28)29)22(24(30)32)16(2)31(21)15-17-8-6-10-19(26)13-17/h6-11,13-14H,3-5,12,15H2,1-2H3,(H2,30,32). The Kier molecular flexibility index (Phi) is 7.74. The number of rotatable bonds is 9. The Morgan fingerprint density at radius 1 is 1.12 bits per heavy atom. The molecule has 176 valence electrons. The summed E-state index contributed by atoms with van der Waals surface area (Å²) in [6.07, 6.45) is -1.34. The Labute approximate surface area is 196 Å². The second-order valence-corrected chi connectivity index (χ2v) is 8.33. The summed E-state index contributed by atoms with van der Waals surface area (Å²) in [6, 6.07) is 13.1. The number of primary amides is 1. The molecule has 0 bridgehead atoms. The van der Waals surface area contributed by atoms with Crippen molar-refractivity contribution in [2.24, 2.45) is 5.73 Å². The number of alkyl halides is 3. The van der Waals surface area contributed by atoms with Crippen LogP contribution in [0.4, 0.5) is 13.2 Å². The quantitative estimate of drug-likeness (QED) is 0.340. The molecule has 2 N–H and O–H groups in total. The largest absolute Gasteiger partial charge is 0.573 e. The van der Waals surface area contributed by atoms with Gasteiger partial charge in [-0.15, -0.1) is 13.2 Å². The van der Waals surface area contributed by atoms with Gasteiger partial charge in [0.2, 0.25) is 0 Å².